The summed E-state index contributed by atoms with van der Waals surface area (Å²) < 4.78 is 33.8. The second kappa shape index (κ2) is 11.8. The first kappa shape index (κ1) is 27.2. The number of aromatic nitrogens is 2. The molecule has 0 radical (unpaired) electrons. The number of hydrogen-bond donors (Lipinski definition) is 0. The molecule has 1 aromatic heterocycles. The molecule has 5 rings (SSSR count). The van der Waals surface area contributed by atoms with Crippen LogP contribution in [0.2, 0.25) is 10.0 Å². The van der Waals surface area contributed by atoms with E-state index in [0.717, 1.165) is 73.9 Å². The molecule has 0 N–H and O–H groups in total. The van der Waals surface area contributed by atoms with E-state index < -0.39 is 10.0 Å². The summed E-state index contributed by atoms with van der Waals surface area (Å²) in [5.74, 6) is 6.29. The molecule has 3 aromatic rings. The van der Waals surface area contributed by atoms with Crippen LogP contribution in [0.1, 0.15) is 28.8 Å². The number of fused-ring (bicyclic) bond motifs is 1. The van der Waals surface area contributed by atoms with E-state index in [1.165, 1.54) is 10.6 Å². The molecule has 200 valence electrons. The molecule has 10 heteroatoms. The zero-order valence-electron chi connectivity index (χ0n) is 21.3. The van der Waals surface area contributed by atoms with E-state index in [-0.39, 0.29) is 0 Å². The highest BCUT2D eigenvalue weighted by molar-refractivity contribution is 7.88. The number of morpholine rings is 1. The zero-order valence-corrected chi connectivity index (χ0v) is 23.6. The van der Waals surface area contributed by atoms with E-state index in [1.54, 1.807) is 12.1 Å². The van der Waals surface area contributed by atoms with E-state index in [2.05, 4.69) is 21.4 Å². The Morgan fingerprint density at radius 1 is 1.03 bits per heavy atom. The highest BCUT2D eigenvalue weighted by Crippen LogP contribution is 2.33. The predicted molar refractivity (Wildman–Crippen MR) is 151 cm³/mol. The molecular weight excluding hydrogens is 543 g/mol. The summed E-state index contributed by atoms with van der Waals surface area (Å²) in [6.45, 7) is 5.98. The Labute approximate surface area is 234 Å². The molecule has 0 unspecified atom stereocenters. The van der Waals surface area contributed by atoms with E-state index >= 15 is 0 Å². The molecule has 2 aliphatic heterocycles. The monoisotopic (exact) mass is 572 g/mol. The number of halogens is 2. The van der Waals surface area contributed by atoms with Crippen LogP contribution >= 0.6 is 23.2 Å². The molecule has 1 fully saturated rings. The number of rotatable bonds is 6. The molecular formula is C28H30Cl2N4O3S. The quantitative estimate of drug-likeness (QED) is 0.412. The first-order valence-electron chi connectivity index (χ1n) is 12.7. The minimum Gasteiger partial charge on any atom is -0.379 e. The fourth-order valence-electron chi connectivity index (χ4n) is 4.91. The molecule has 7 nitrogen and oxygen atoms in total. The van der Waals surface area contributed by atoms with Crippen LogP contribution in [0.3, 0.4) is 0 Å². The van der Waals surface area contributed by atoms with Crippen molar-refractivity contribution in [1.82, 2.24) is 19.0 Å². The van der Waals surface area contributed by atoms with Crippen molar-refractivity contribution in [3.63, 3.8) is 0 Å². The molecule has 38 heavy (non-hydrogen) atoms. The molecule has 0 spiro atoms. The fraction of sp³-hybridized carbons (Fsp3) is 0.393. The van der Waals surface area contributed by atoms with Crippen LogP contribution in [0, 0.1) is 11.8 Å². The van der Waals surface area contributed by atoms with Gasteiger partial charge in [0.25, 0.3) is 0 Å². The number of benzene rings is 2. The van der Waals surface area contributed by atoms with Crippen molar-refractivity contribution >= 4 is 33.2 Å². The second-order valence-electron chi connectivity index (χ2n) is 9.61. The standard InChI is InChI=1S/C28H30Cl2N4O3S/c1-38(35,36)33-13-10-27-25(20-33)28(31-34(27)12-3-11-32-14-16-37-17-15-32)23-8-9-26(30)22(19-23)7-6-21-4-2-5-24(29)18-21/h2,4-5,8-9,18-19H,3,10-17,20H2,1H3. The van der Waals surface area contributed by atoms with Crippen molar-refractivity contribution in [2.75, 3.05) is 45.6 Å². The zero-order chi connectivity index (χ0) is 26.7. The van der Waals surface area contributed by atoms with Crippen LogP contribution in [-0.4, -0.2) is 73.1 Å². The van der Waals surface area contributed by atoms with E-state index in [4.69, 9.17) is 33.0 Å². The van der Waals surface area contributed by atoms with Gasteiger partial charge in [-0.1, -0.05) is 47.2 Å². The van der Waals surface area contributed by atoms with Crippen molar-refractivity contribution in [1.29, 1.82) is 0 Å². The lowest BCUT2D eigenvalue weighted by molar-refractivity contribution is 0.0368. The highest BCUT2D eigenvalue weighted by atomic mass is 35.5. The molecule has 3 heterocycles. The molecule has 0 aliphatic carbocycles. The molecule has 2 aliphatic rings. The van der Waals surface area contributed by atoms with Crippen LogP contribution < -0.4 is 0 Å². The SMILES string of the molecule is CS(=O)(=O)N1CCc2c(c(-c3ccc(Cl)c(C#Cc4cccc(Cl)c4)c3)nn2CCCN2CCOCC2)C1. The summed E-state index contributed by atoms with van der Waals surface area (Å²) in [5, 5.41) is 6.17. The van der Waals surface area contributed by atoms with Crippen LogP contribution in [0.4, 0.5) is 0 Å². The van der Waals surface area contributed by atoms with Crippen molar-refractivity contribution in [3.05, 3.63) is 74.9 Å². The van der Waals surface area contributed by atoms with Crippen LogP contribution in [0.25, 0.3) is 11.3 Å². The van der Waals surface area contributed by atoms with Crippen molar-refractivity contribution < 1.29 is 13.2 Å². The summed E-state index contributed by atoms with van der Waals surface area (Å²) in [6.07, 6.45) is 2.85. The lowest BCUT2D eigenvalue weighted by Gasteiger charge is -2.27. The first-order valence-corrected chi connectivity index (χ1v) is 15.3. The number of aryl methyl sites for hydroxylation is 1. The maximum absolute atomic E-state index is 12.4. The summed E-state index contributed by atoms with van der Waals surface area (Å²) in [4.78, 5) is 2.41. The third-order valence-electron chi connectivity index (χ3n) is 6.92. The minimum absolute atomic E-state index is 0.305. The smallest absolute Gasteiger partial charge is 0.211 e. The van der Waals surface area contributed by atoms with Gasteiger partial charge >= 0.3 is 0 Å². The maximum Gasteiger partial charge on any atom is 0.211 e. The van der Waals surface area contributed by atoms with Gasteiger partial charge in [-0.15, -0.1) is 0 Å². The molecule has 0 amide bonds. The average Bonchev–Trinajstić information content (AvgIpc) is 3.26. The third-order valence-corrected chi connectivity index (χ3v) is 8.74. The number of sulfonamides is 1. The minimum atomic E-state index is -3.32. The van der Waals surface area contributed by atoms with Gasteiger partial charge in [0.05, 0.1) is 30.2 Å². The molecule has 1 saturated heterocycles. The van der Waals surface area contributed by atoms with E-state index in [9.17, 15) is 8.42 Å². The molecule has 2 aromatic carbocycles. The summed E-state index contributed by atoms with van der Waals surface area (Å²) in [5.41, 5.74) is 5.17. The van der Waals surface area contributed by atoms with Gasteiger partial charge in [0.1, 0.15) is 0 Å². The molecule has 0 saturated carbocycles. The van der Waals surface area contributed by atoms with Gasteiger partial charge in [0.2, 0.25) is 10.0 Å². The molecule has 0 atom stereocenters. The largest absolute Gasteiger partial charge is 0.379 e. The fourth-order valence-corrected chi connectivity index (χ4v) is 6.05. The van der Waals surface area contributed by atoms with E-state index in [1.807, 2.05) is 30.3 Å². The van der Waals surface area contributed by atoms with Gasteiger partial charge in [0.15, 0.2) is 0 Å². The first-order chi connectivity index (χ1) is 18.3. The topological polar surface area (TPSA) is 67.7 Å². The Balaban J connectivity index is 1.46. The Bertz CT molecular complexity index is 1490. The summed E-state index contributed by atoms with van der Waals surface area (Å²) in [6, 6.07) is 13.0. The van der Waals surface area contributed by atoms with E-state index in [0.29, 0.717) is 35.1 Å². The Morgan fingerprint density at radius 3 is 2.61 bits per heavy atom. The number of hydrogen-bond acceptors (Lipinski definition) is 5. The van der Waals surface area contributed by atoms with Crippen LogP contribution in [0.15, 0.2) is 42.5 Å². The Kier molecular flexibility index (Phi) is 8.44. The lowest BCUT2D eigenvalue weighted by atomic mass is 10.0. The van der Waals surface area contributed by atoms with Crippen molar-refractivity contribution in [2.45, 2.75) is 25.9 Å². The third kappa shape index (κ3) is 6.42. The lowest BCUT2D eigenvalue weighted by Crippen LogP contribution is -2.37. The van der Waals surface area contributed by atoms with Gasteiger partial charge in [-0.2, -0.15) is 9.40 Å². The van der Waals surface area contributed by atoms with Crippen molar-refractivity contribution in [3.8, 4) is 23.1 Å². The predicted octanol–water partition coefficient (Wildman–Crippen LogP) is 4.30. The Morgan fingerprint density at radius 2 is 1.84 bits per heavy atom. The van der Waals surface area contributed by atoms with Gasteiger partial charge in [-0.3, -0.25) is 9.58 Å². The Hall–Kier alpha value is -2.38. The second-order valence-corrected chi connectivity index (χ2v) is 12.4. The van der Waals surface area contributed by atoms with Gasteiger partial charge in [-0.05, 0) is 36.8 Å². The van der Waals surface area contributed by atoms with Gasteiger partial charge in [-0.25, -0.2) is 8.42 Å². The number of ether oxygens (including phenoxy) is 1. The normalized spacial score (nSPS) is 16.6. The van der Waals surface area contributed by atoms with Crippen molar-refractivity contribution in [2.24, 2.45) is 0 Å². The summed E-state index contributed by atoms with van der Waals surface area (Å²) in [7, 11) is -3.32. The van der Waals surface area contributed by atoms with Gasteiger partial charge < -0.3 is 4.74 Å². The highest BCUT2D eigenvalue weighted by Gasteiger charge is 2.30. The molecule has 0 bridgehead atoms. The van der Waals surface area contributed by atoms with Crippen LogP contribution in [-0.2, 0) is 34.3 Å². The maximum atomic E-state index is 12.4. The van der Waals surface area contributed by atoms with Gasteiger partial charge in [0, 0.05) is 78.7 Å². The number of nitrogens with zero attached hydrogens (tertiary/aromatic N) is 4. The summed E-state index contributed by atoms with van der Waals surface area (Å²) >= 11 is 12.6. The van der Waals surface area contributed by atoms with Crippen LogP contribution in [0.5, 0.6) is 0 Å². The average molecular weight is 574 g/mol.